The van der Waals surface area contributed by atoms with Gasteiger partial charge < -0.3 is 14.2 Å². The maximum Gasteiger partial charge on any atom is 0.260 e. The molecule has 0 aliphatic carbocycles. The highest BCUT2D eigenvalue weighted by Crippen LogP contribution is 2.29. The van der Waals surface area contributed by atoms with Crippen LogP contribution in [0.15, 0.2) is 46.3 Å². The first-order valence-corrected chi connectivity index (χ1v) is 8.92. The van der Waals surface area contributed by atoms with Crippen LogP contribution < -0.4 is 4.74 Å². The molecule has 1 fully saturated rings. The van der Waals surface area contributed by atoms with E-state index in [1.807, 2.05) is 48.7 Å². The minimum atomic E-state index is -0.0301. The first kappa shape index (κ1) is 15.8. The van der Waals surface area contributed by atoms with Gasteiger partial charge in [-0.25, -0.2) is 0 Å². The predicted molar refractivity (Wildman–Crippen MR) is 93.6 cm³/mol. The zero-order valence-electron chi connectivity index (χ0n) is 13.7. The van der Waals surface area contributed by atoms with E-state index in [0.29, 0.717) is 24.8 Å². The van der Waals surface area contributed by atoms with Gasteiger partial charge in [0, 0.05) is 13.1 Å². The van der Waals surface area contributed by atoms with Crippen LogP contribution in [-0.2, 0) is 4.79 Å². The van der Waals surface area contributed by atoms with Gasteiger partial charge in [-0.2, -0.15) is 4.98 Å². The van der Waals surface area contributed by atoms with Gasteiger partial charge in [-0.3, -0.25) is 4.79 Å². The topological polar surface area (TPSA) is 68.5 Å². The van der Waals surface area contributed by atoms with Gasteiger partial charge in [0.05, 0.1) is 10.8 Å². The van der Waals surface area contributed by atoms with Gasteiger partial charge >= 0.3 is 0 Å². The smallest absolute Gasteiger partial charge is 0.260 e. The van der Waals surface area contributed by atoms with E-state index in [2.05, 4.69) is 10.1 Å². The third kappa shape index (κ3) is 3.28. The summed E-state index contributed by atoms with van der Waals surface area (Å²) in [4.78, 5) is 19.4. The predicted octanol–water partition coefficient (Wildman–Crippen LogP) is 3.11. The summed E-state index contributed by atoms with van der Waals surface area (Å²) in [6, 6.07) is 11.6. The van der Waals surface area contributed by atoms with Gasteiger partial charge in [0.2, 0.25) is 11.7 Å². The number of carbonyl (C=O) groups excluding carboxylic acids is 1. The number of amides is 1. The number of para-hydroxylation sites is 1. The second-order valence-corrected chi connectivity index (χ2v) is 6.93. The lowest BCUT2D eigenvalue weighted by Crippen LogP contribution is -2.50. The lowest BCUT2D eigenvalue weighted by molar-refractivity contribution is -0.138. The number of likely N-dealkylation sites (tertiary alicyclic amines) is 1. The highest BCUT2D eigenvalue weighted by molar-refractivity contribution is 7.13. The Kier molecular flexibility index (Phi) is 4.23. The maximum absolute atomic E-state index is 12.2. The minimum absolute atomic E-state index is 0.0301. The molecule has 0 spiro atoms. The Morgan fingerprint density at radius 3 is 2.92 bits per heavy atom. The Morgan fingerprint density at radius 2 is 2.16 bits per heavy atom. The fourth-order valence-electron chi connectivity index (χ4n) is 2.69. The number of rotatable bonds is 5. The summed E-state index contributed by atoms with van der Waals surface area (Å²) in [5, 5.41) is 5.99. The SMILES string of the molecule is Cc1ccccc1OCC(=O)N1CC(c2nc(-c3cccs3)no2)C1. The fraction of sp³-hybridized carbons (Fsp3) is 0.278. The van der Waals surface area contributed by atoms with Crippen LogP contribution in [-0.4, -0.2) is 40.6 Å². The van der Waals surface area contributed by atoms with E-state index in [9.17, 15) is 4.79 Å². The molecule has 25 heavy (non-hydrogen) atoms. The molecule has 0 N–H and O–H groups in total. The van der Waals surface area contributed by atoms with E-state index in [4.69, 9.17) is 9.26 Å². The van der Waals surface area contributed by atoms with Crippen molar-refractivity contribution in [2.24, 2.45) is 0 Å². The van der Waals surface area contributed by atoms with Gasteiger partial charge in [0.15, 0.2) is 6.61 Å². The summed E-state index contributed by atoms with van der Waals surface area (Å²) in [6.07, 6.45) is 0. The molecule has 1 aromatic carbocycles. The highest BCUT2D eigenvalue weighted by atomic mass is 32.1. The van der Waals surface area contributed by atoms with Crippen LogP contribution in [0.25, 0.3) is 10.7 Å². The van der Waals surface area contributed by atoms with Crippen molar-refractivity contribution in [3.63, 3.8) is 0 Å². The quantitative estimate of drug-likeness (QED) is 0.703. The Bertz CT molecular complexity index is 869. The van der Waals surface area contributed by atoms with Gasteiger partial charge in [-0.1, -0.05) is 29.4 Å². The molecule has 0 unspecified atom stereocenters. The van der Waals surface area contributed by atoms with E-state index in [1.165, 1.54) is 0 Å². The molecule has 6 nitrogen and oxygen atoms in total. The summed E-state index contributed by atoms with van der Waals surface area (Å²) in [5.74, 6) is 2.01. The zero-order chi connectivity index (χ0) is 17.2. The molecule has 3 aromatic rings. The summed E-state index contributed by atoms with van der Waals surface area (Å²) in [6.45, 7) is 3.17. The number of benzene rings is 1. The van der Waals surface area contributed by atoms with Gasteiger partial charge in [-0.15, -0.1) is 11.3 Å². The lowest BCUT2D eigenvalue weighted by Gasteiger charge is -2.36. The fourth-order valence-corrected chi connectivity index (χ4v) is 3.34. The molecule has 128 valence electrons. The number of thiophene rings is 1. The minimum Gasteiger partial charge on any atom is -0.484 e. The van der Waals surface area contributed by atoms with Crippen LogP contribution in [0.5, 0.6) is 5.75 Å². The summed E-state index contributed by atoms with van der Waals surface area (Å²) >= 11 is 1.57. The Hall–Kier alpha value is -2.67. The largest absolute Gasteiger partial charge is 0.484 e. The van der Waals surface area contributed by atoms with Crippen molar-refractivity contribution in [3.8, 4) is 16.5 Å². The summed E-state index contributed by atoms with van der Waals surface area (Å²) < 4.78 is 11.0. The zero-order valence-corrected chi connectivity index (χ0v) is 14.5. The third-order valence-corrected chi connectivity index (χ3v) is 5.08. The van der Waals surface area contributed by atoms with Crippen LogP contribution >= 0.6 is 11.3 Å². The third-order valence-electron chi connectivity index (χ3n) is 4.21. The monoisotopic (exact) mass is 355 g/mol. The normalized spacial score (nSPS) is 14.4. The van der Waals surface area contributed by atoms with Crippen LogP contribution in [0.3, 0.4) is 0 Å². The molecule has 1 saturated heterocycles. The molecule has 1 amide bonds. The van der Waals surface area contributed by atoms with E-state index >= 15 is 0 Å². The van der Waals surface area contributed by atoms with Crippen molar-refractivity contribution >= 4 is 17.2 Å². The Labute approximate surface area is 149 Å². The van der Waals surface area contributed by atoms with E-state index in [-0.39, 0.29) is 18.4 Å². The van der Waals surface area contributed by atoms with Crippen LogP contribution in [0.2, 0.25) is 0 Å². The molecular weight excluding hydrogens is 338 g/mol. The van der Waals surface area contributed by atoms with Crippen molar-refractivity contribution in [2.45, 2.75) is 12.8 Å². The average Bonchev–Trinajstić information content (AvgIpc) is 3.24. The molecule has 2 aromatic heterocycles. The van der Waals surface area contributed by atoms with E-state index in [0.717, 1.165) is 16.2 Å². The molecule has 0 radical (unpaired) electrons. The number of hydrogen-bond donors (Lipinski definition) is 0. The number of aryl methyl sites for hydroxylation is 1. The van der Waals surface area contributed by atoms with Crippen molar-refractivity contribution in [1.82, 2.24) is 15.0 Å². The number of carbonyl (C=O) groups is 1. The Balaban J connectivity index is 1.30. The van der Waals surface area contributed by atoms with Crippen LogP contribution in [0.1, 0.15) is 17.4 Å². The molecular formula is C18H17N3O3S. The Morgan fingerprint density at radius 1 is 1.32 bits per heavy atom. The second kappa shape index (κ2) is 6.68. The first-order valence-electron chi connectivity index (χ1n) is 8.04. The molecule has 0 atom stereocenters. The molecule has 4 rings (SSSR count). The number of ether oxygens (including phenoxy) is 1. The number of aromatic nitrogens is 2. The van der Waals surface area contributed by atoms with Gasteiger partial charge in [-0.05, 0) is 30.0 Å². The molecule has 0 saturated carbocycles. The molecule has 0 bridgehead atoms. The van der Waals surface area contributed by atoms with E-state index in [1.54, 1.807) is 16.2 Å². The molecule has 7 heteroatoms. The molecule has 3 heterocycles. The van der Waals surface area contributed by atoms with Gasteiger partial charge in [0.1, 0.15) is 5.75 Å². The average molecular weight is 355 g/mol. The van der Waals surface area contributed by atoms with Gasteiger partial charge in [0.25, 0.3) is 5.91 Å². The number of nitrogens with zero attached hydrogens (tertiary/aromatic N) is 3. The highest BCUT2D eigenvalue weighted by Gasteiger charge is 2.35. The van der Waals surface area contributed by atoms with Crippen LogP contribution in [0.4, 0.5) is 0 Å². The van der Waals surface area contributed by atoms with Crippen molar-refractivity contribution in [1.29, 1.82) is 0 Å². The summed E-state index contributed by atoms with van der Waals surface area (Å²) in [5.41, 5.74) is 1.02. The van der Waals surface area contributed by atoms with Crippen molar-refractivity contribution in [3.05, 3.63) is 53.2 Å². The first-order chi connectivity index (χ1) is 12.2. The second-order valence-electron chi connectivity index (χ2n) is 5.98. The number of hydrogen-bond acceptors (Lipinski definition) is 6. The van der Waals surface area contributed by atoms with Crippen LogP contribution in [0, 0.1) is 6.92 Å². The lowest BCUT2D eigenvalue weighted by atomic mass is 10.0. The van der Waals surface area contributed by atoms with E-state index < -0.39 is 0 Å². The van der Waals surface area contributed by atoms with Crippen molar-refractivity contribution < 1.29 is 14.1 Å². The molecule has 1 aliphatic heterocycles. The standard InChI is InChI=1S/C18H17N3O3S/c1-12-5-2-3-6-14(12)23-11-16(22)21-9-13(10-21)18-19-17(20-24-18)15-7-4-8-25-15/h2-8,13H,9-11H2,1H3. The van der Waals surface area contributed by atoms with Crippen molar-refractivity contribution in [2.75, 3.05) is 19.7 Å². The maximum atomic E-state index is 12.2. The summed E-state index contributed by atoms with van der Waals surface area (Å²) in [7, 11) is 0. The molecule has 1 aliphatic rings.